The summed E-state index contributed by atoms with van der Waals surface area (Å²) in [6.45, 7) is 2.04. The first-order valence-corrected chi connectivity index (χ1v) is 9.79. The van der Waals surface area contributed by atoms with Crippen molar-refractivity contribution in [3.05, 3.63) is 57.0 Å². The molecule has 0 saturated carbocycles. The summed E-state index contributed by atoms with van der Waals surface area (Å²) in [6.07, 6.45) is 0. The summed E-state index contributed by atoms with van der Waals surface area (Å²) >= 11 is -0.113. The molecule has 1 aromatic heterocycles. The van der Waals surface area contributed by atoms with Crippen LogP contribution in [0.15, 0.2) is 41.3 Å². The van der Waals surface area contributed by atoms with Crippen LogP contribution in [0.5, 0.6) is 17.2 Å². The zero-order valence-electron chi connectivity index (χ0n) is 15.0. The summed E-state index contributed by atoms with van der Waals surface area (Å²) in [7, 11) is 4.59. The molecule has 0 radical (unpaired) electrons. The molecular formula is C20H19NO4Se. The van der Waals surface area contributed by atoms with E-state index in [1.54, 1.807) is 12.1 Å². The van der Waals surface area contributed by atoms with Crippen LogP contribution in [-0.2, 0) is 0 Å². The van der Waals surface area contributed by atoms with Crippen LogP contribution < -0.4 is 14.2 Å². The van der Waals surface area contributed by atoms with Gasteiger partial charge in [0.2, 0.25) is 0 Å². The first-order chi connectivity index (χ1) is 12.6. The molecule has 3 rings (SSSR count). The van der Waals surface area contributed by atoms with E-state index in [2.05, 4.69) is 4.98 Å². The minimum atomic E-state index is -0.123. The summed E-state index contributed by atoms with van der Waals surface area (Å²) in [5.41, 5.74) is 3.53. The molecule has 0 spiro atoms. The molecule has 0 amide bonds. The second-order valence-corrected chi connectivity index (χ2v) is 7.45. The van der Waals surface area contributed by atoms with Gasteiger partial charge in [0.25, 0.3) is 0 Å². The summed E-state index contributed by atoms with van der Waals surface area (Å²) in [5, 5.41) is 0. The molecule has 3 aromatic rings. The summed E-state index contributed by atoms with van der Waals surface area (Å²) < 4.78 is 16.5. The van der Waals surface area contributed by atoms with Crippen LogP contribution >= 0.6 is 0 Å². The zero-order valence-corrected chi connectivity index (χ0v) is 16.7. The second-order valence-electron chi connectivity index (χ2n) is 5.65. The van der Waals surface area contributed by atoms with Gasteiger partial charge in [-0.15, -0.1) is 0 Å². The number of rotatable bonds is 6. The van der Waals surface area contributed by atoms with Crippen molar-refractivity contribution >= 4 is 20.3 Å². The number of hydrogen-bond acceptors (Lipinski definition) is 5. The van der Waals surface area contributed by atoms with E-state index in [4.69, 9.17) is 14.2 Å². The maximum atomic E-state index is 12.9. The van der Waals surface area contributed by atoms with Gasteiger partial charge in [-0.25, -0.2) is 0 Å². The molecule has 2 aromatic carbocycles. The Labute approximate surface area is 158 Å². The molecule has 0 aliphatic rings. The van der Waals surface area contributed by atoms with Crippen molar-refractivity contribution in [3.63, 3.8) is 0 Å². The predicted octanol–water partition coefficient (Wildman–Crippen LogP) is 3.37. The van der Waals surface area contributed by atoms with Crippen molar-refractivity contribution in [2.45, 2.75) is 6.92 Å². The number of nitrogens with zero attached hydrogens (tertiary/aromatic N) is 1. The number of carbonyl (C=O) groups excluding carboxylic acids is 1. The van der Waals surface area contributed by atoms with E-state index in [1.165, 1.54) is 26.9 Å². The molecule has 0 saturated heterocycles. The topological polar surface area (TPSA) is 57.7 Å². The number of methoxy groups -OCH3 is 3. The third kappa shape index (κ3) is 3.52. The number of ketones is 1. The van der Waals surface area contributed by atoms with Crippen LogP contribution in [-0.4, -0.2) is 46.6 Å². The molecule has 0 fully saturated rings. The van der Waals surface area contributed by atoms with Crippen LogP contribution in [0, 0.1) is 6.92 Å². The van der Waals surface area contributed by atoms with Crippen LogP contribution in [0.4, 0.5) is 0 Å². The fraction of sp³-hybridized carbons (Fsp3) is 0.200. The van der Waals surface area contributed by atoms with Crippen molar-refractivity contribution in [1.82, 2.24) is 4.98 Å². The van der Waals surface area contributed by atoms with E-state index in [0.29, 0.717) is 27.4 Å². The van der Waals surface area contributed by atoms with Crippen molar-refractivity contribution in [2.24, 2.45) is 0 Å². The molecule has 0 bridgehead atoms. The monoisotopic (exact) mass is 417 g/mol. The van der Waals surface area contributed by atoms with Gasteiger partial charge in [-0.05, 0) is 0 Å². The van der Waals surface area contributed by atoms with Gasteiger partial charge in [-0.2, -0.15) is 0 Å². The summed E-state index contributed by atoms with van der Waals surface area (Å²) in [4.78, 5) is 19.5. The molecular weight excluding hydrogens is 397 g/mol. The van der Waals surface area contributed by atoms with Crippen LogP contribution in [0.3, 0.4) is 0 Å². The Morgan fingerprint density at radius 3 is 2.12 bits per heavy atom. The predicted molar refractivity (Wildman–Crippen MR) is 101 cm³/mol. The fourth-order valence-corrected chi connectivity index (χ4v) is 4.22. The Hall–Kier alpha value is -2.56. The van der Waals surface area contributed by atoms with E-state index < -0.39 is 0 Å². The molecule has 5 nitrogen and oxygen atoms in total. The van der Waals surface area contributed by atoms with Gasteiger partial charge in [-0.3, -0.25) is 0 Å². The molecule has 0 unspecified atom stereocenters. The molecule has 134 valence electrons. The van der Waals surface area contributed by atoms with Gasteiger partial charge in [0.15, 0.2) is 0 Å². The normalized spacial score (nSPS) is 10.5. The summed E-state index contributed by atoms with van der Waals surface area (Å²) in [6, 6.07) is 11.4. The second kappa shape index (κ2) is 7.77. The number of ether oxygens (including phenoxy) is 3. The standard InChI is InChI=1S/C20H19NO4Se/c1-12-5-7-13(8-6-12)15-11-26-20(21-15)18(22)14-9-16(23-2)19(25-4)17(10-14)24-3/h5-11H,1-4H3. The van der Waals surface area contributed by atoms with Crippen molar-refractivity contribution in [2.75, 3.05) is 21.3 Å². The van der Waals surface area contributed by atoms with Gasteiger partial charge >= 0.3 is 158 Å². The Morgan fingerprint density at radius 2 is 1.58 bits per heavy atom. The van der Waals surface area contributed by atoms with Gasteiger partial charge in [0, 0.05) is 0 Å². The fourth-order valence-electron chi connectivity index (χ4n) is 2.57. The molecule has 26 heavy (non-hydrogen) atoms. The van der Waals surface area contributed by atoms with Crippen LogP contribution in [0.2, 0.25) is 0 Å². The molecule has 1 heterocycles. The number of hydrogen-bond donors (Lipinski definition) is 0. The van der Waals surface area contributed by atoms with E-state index in [9.17, 15) is 4.79 Å². The molecule has 0 aliphatic heterocycles. The first kappa shape index (κ1) is 18.2. The van der Waals surface area contributed by atoms with Gasteiger partial charge in [0.05, 0.1) is 0 Å². The van der Waals surface area contributed by atoms with E-state index in [0.717, 1.165) is 11.3 Å². The Bertz CT molecular complexity index is 906. The average molecular weight is 416 g/mol. The van der Waals surface area contributed by atoms with Crippen molar-refractivity contribution in [3.8, 4) is 28.5 Å². The van der Waals surface area contributed by atoms with Crippen molar-refractivity contribution in [1.29, 1.82) is 0 Å². The van der Waals surface area contributed by atoms with Crippen LogP contribution in [0.1, 0.15) is 20.5 Å². The van der Waals surface area contributed by atoms with E-state index in [1.807, 2.05) is 36.1 Å². The number of carbonyl (C=O) groups is 1. The first-order valence-electron chi connectivity index (χ1n) is 7.94. The SMILES string of the molecule is COc1cc(C(=O)c2nc(-c3ccc(C)cc3)c[se]2)cc(OC)c1OC. The minimum absolute atomic E-state index is 0.113. The van der Waals surface area contributed by atoms with Gasteiger partial charge in [-0.1, -0.05) is 0 Å². The molecule has 0 aliphatic carbocycles. The Kier molecular flexibility index (Phi) is 5.45. The number of aromatic nitrogens is 1. The average Bonchev–Trinajstić information content (AvgIpc) is 3.16. The van der Waals surface area contributed by atoms with Crippen LogP contribution in [0.25, 0.3) is 11.3 Å². The third-order valence-corrected chi connectivity index (χ3v) is 5.74. The summed E-state index contributed by atoms with van der Waals surface area (Å²) in [5.74, 6) is 1.24. The zero-order chi connectivity index (χ0) is 18.7. The Balaban J connectivity index is 1.96. The van der Waals surface area contributed by atoms with Gasteiger partial charge in [0.1, 0.15) is 0 Å². The number of benzene rings is 2. The third-order valence-electron chi connectivity index (χ3n) is 3.97. The van der Waals surface area contributed by atoms with E-state index in [-0.39, 0.29) is 20.3 Å². The molecule has 6 heteroatoms. The maximum absolute atomic E-state index is 12.9. The van der Waals surface area contributed by atoms with Crippen molar-refractivity contribution < 1.29 is 19.0 Å². The molecule has 0 atom stereocenters. The van der Waals surface area contributed by atoms with E-state index >= 15 is 0 Å². The molecule has 0 N–H and O–H groups in total. The van der Waals surface area contributed by atoms with Gasteiger partial charge < -0.3 is 0 Å². The Morgan fingerprint density at radius 1 is 0.962 bits per heavy atom. The quantitative estimate of drug-likeness (QED) is 0.456. The number of aryl methyl sites for hydroxylation is 1.